The number of amides is 1. The lowest BCUT2D eigenvalue weighted by Crippen LogP contribution is -2.58. The summed E-state index contributed by atoms with van der Waals surface area (Å²) in [7, 11) is 0. The zero-order valence-corrected chi connectivity index (χ0v) is 15.0. The summed E-state index contributed by atoms with van der Waals surface area (Å²) in [4.78, 5) is 20.1. The van der Waals surface area contributed by atoms with Crippen molar-refractivity contribution in [3.05, 3.63) is 35.9 Å². The Balaban J connectivity index is 1.26. The van der Waals surface area contributed by atoms with Crippen molar-refractivity contribution in [3.8, 4) is 0 Å². The molecule has 0 unspecified atom stereocenters. The van der Waals surface area contributed by atoms with E-state index in [2.05, 4.69) is 45.0 Å². The quantitative estimate of drug-likeness (QED) is 0.806. The first-order chi connectivity index (χ1) is 12.3. The van der Waals surface area contributed by atoms with E-state index in [-0.39, 0.29) is 5.54 Å². The lowest BCUT2D eigenvalue weighted by molar-refractivity contribution is -0.142. The van der Waals surface area contributed by atoms with Gasteiger partial charge in [-0.2, -0.15) is 0 Å². The molecule has 1 amide bonds. The maximum Gasteiger partial charge on any atom is 0.243 e. The van der Waals surface area contributed by atoms with E-state index in [1.807, 2.05) is 0 Å². The highest BCUT2D eigenvalue weighted by atomic mass is 16.5. The second-order valence-electron chi connectivity index (χ2n) is 7.50. The molecule has 5 heteroatoms. The van der Waals surface area contributed by atoms with Gasteiger partial charge in [-0.3, -0.25) is 14.6 Å². The highest BCUT2D eigenvalue weighted by Crippen LogP contribution is 2.43. The maximum absolute atomic E-state index is 13.1. The van der Waals surface area contributed by atoms with Crippen molar-refractivity contribution < 1.29 is 9.53 Å². The van der Waals surface area contributed by atoms with Crippen molar-refractivity contribution in [1.82, 2.24) is 14.7 Å². The van der Waals surface area contributed by atoms with Gasteiger partial charge in [0.15, 0.2) is 0 Å². The van der Waals surface area contributed by atoms with Gasteiger partial charge < -0.3 is 9.64 Å². The van der Waals surface area contributed by atoms with Crippen molar-refractivity contribution in [2.45, 2.75) is 24.8 Å². The summed E-state index contributed by atoms with van der Waals surface area (Å²) in [5.74, 6) is 0.372. The number of ether oxygens (including phenoxy) is 1. The van der Waals surface area contributed by atoms with Gasteiger partial charge in [0, 0.05) is 45.8 Å². The van der Waals surface area contributed by atoms with E-state index in [9.17, 15) is 4.79 Å². The number of morpholine rings is 1. The third-order valence-electron chi connectivity index (χ3n) is 5.96. The first-order valence-corrected chi connectivity index (χ1v) is 9.66. The Morgan fingerprint density at radius 1 is 0.960 bits per heavy atom. The molecular formula is C20H29N3O2. The molecule has 136 valence electrons. The summed E-state index contributed by atoms with van der Waals surface area (Å²) in [5, 5.41) is 0. The molecule has 0 bridgehead atoms. The highest BCUT2D eigenvalue weighted by molar-refractivity contribution is 5.89. The van der Waals surface area contributed by atoms with E-state index in [1.54, 1.807) is 0 Å². The molecule has 2 heterocycles. The van der Waals surface area contributed by atoms with Gasteiger partial charge in [0.2, 0.25) is 5.91 Å². The molecule has 1 saturated carbocycles. The van der Waals surface area contributed by atoms with E-state index in [1.165, 1.54) is 5.56 Å². The Bertz CT molecular complexity index is 574. The van der Waals surface area contributed by atoms with Crippen LogP contribution >= 0.6 is 0 Å². The van der Waals surface area contributed by atoms with Crippen LogP contribution in [-0.2, 0) is 16.0 Å². The second-order valence-corrected chi connectivity index (χ2v) is 7.50. The number of hydrogen-bond acceptors (Lipinski definition) is 4. The Labute approximate surface area is 150 Å². The van der Waals surface area contributed by atoms with Crippen LogP contribution < -0.4 is 0 Å². The predicted molar refractivity (Wildman–Crippen MR) is 97.5 cm³/mol. The minimum absolute atomic E-state index is 0.185. The Hall–Kier alpha value is -1.43. The molecule has 1 aliphatic carbocycles. The van der Waals surface area contributed by atoms with Gasteiger partial charge in [0.05, 0.1) is 13.2 Å². The number of rotatable bonds is 5. The lowest BCUT2D eigenvalue weighted by Gasteiger charge is -2.40. The summed E-state index contributed by atoms with van der Waals surface area (Å²) in [6.07, 6.45) is 3.15. The van der Waals surface area contributed by atoms with Gasteiger partial charge in [-0.1, -0.05) is 30.3 Å². The number of carbonyl (C=O) groups is 1. The van der Waals surface area contributed by atoms with Crippen LogP contribution in [0, 0.1) is 0 Å². The SMILES string of the molecule is O=C(N1CCN(CCc2ccccc2)CC1)C1(N2CCOCC2)CC1. The third-order valence-corrected chi connectivity index (χ3v) is 5.96. The molecule has 0 atom stereocenters. The van der Waals surface area contributed by atoms with Crippen LogP contribution in [-0.4, -0.2) is 85.2 Å². The number of benzene rings is 1. The van der Waals surface area contributed by atoms with Gasteiger partial charge in [0.25, 0.3) is 0 Å². The van der Waals surface area contributed by atoms with E-state index >= 15 is 0 Å². The first kappa shape index (κ1) is 17.0. The molecule has 0 N–H and O–H groups in total. The topological polar surface area (TPSA) is 36.0 Å². The van der Waals surface area contributed by atoms with Gasteiger partial charge in [0.1, 0.15) is 5.54 Å². The van der Waals surface area contributed by atoms with Gasteiger partial charge in [-0.05, 0) is 24.8 Å². The van der Waals surface area contributed by atoms with Crippen LogP contribution in [0.1, 0.15) is 18.4 Å². The molecule has 4 rings (SSSR count). The van der Waals surface area contributed by atoms with E-state index in [0.717, 1.165) is 78.3 Å². The molecular weight excluding hydrogens is 314 g/mol. The maximum atomic E-state index is 13.1. The molecule has 25 heavy (non-hydrogen) atoms. The summed E-state index contributed by atoms with van der Waals surface area (Å²) < 4.78 is 5.45. The normalized spacial score (nSPS) is 24.2. The van der Waals surface area contributed by atoms with E-state index < -0.39 is 0 Å². The smallest absolute Gasteiger partial charge is 0.243 e. The average molecular weight is 343 g/mol. The standard InChI is InChI=1S/C20H29N3O2/c24-19(20(7-8-20)23-14-16-25-17-15-23)22-12-10-21(11-13-22)9-6-18-4-2-1-3-5-18/h1-5H,6-17H2. The van der Waals surface area contributed by atoms with Crippen LogP contribution in [0.5, 0.6) is 0 Å². The molecule has 3 aliphatic rings. The molecule has 1 aromatic carbocycles. The monoisotopic (exact) mass is 343 g/mol. The zero-order chi connectivity index (χ0) is 17.1. The minimum atomic E-state index is -0.185. The van der Waals surface area contributed by atoms with Gasteiger partial charge in [-0.25, -0.2) is 0 Å². The van der Waals surface area contributed by atoms with E-state index in [4.69, 9.17) is 4.74 Å². The number of carbonyl (C=O) groups excluding carboxylic acids is 1. The summed E-state index contributed by atoms with van der Waals surface area (Å²) in [5.41, 5.74) is 1.21. The largest absolute Gasteiger partial charge is 0.379 e. The molecule has 1 aromatic rings. The lowest BCUT2D eigenvalue weighted by atomic mass is 10.1. The summed E-state index contributed by atoms with van der Waals surface area (Å²) >= 11 is 0. The van der Waals surface area contributed by atoms with Crippen molar-refractivity contribution in [3.63, 3.8) is 0 Å². The van der Waals surface area contributed by atoms with Crippen LogP contribution in [0.4, 0.5) is 0 Å². The Morgan fingerprint density at radius 3 is 2.28 bits per heavy atom. The number of piperazine rings is 1. The fourth-order valence-corrected chi connectivity index (χ4v) is 4.18. The Morgan fingerprint density at radius 2 is 1.64 bits per heavy atom. The van der Waals surface area contributed by atoms with Gasteiger partial charge >= 0.3 is 0 Å². The Kier molecular flexibility index (Phi) is 5.06. The third kappa shape index (κ3) is 3.73. The predicted octanol–water partition coefficient (Wildman–Crippen LogP) is 1.24. The van der Waals surface area contributed by atoms with Crippen molar-refractivity contribution in [2.24, 2.45) is 0 Å². The molecule has 2 saturated heterocycles. The van der Waals surface area contributed by atoms with Crippen LogP contribution in [0.3, 0.4) is 0 Å². The molecule has 3 fully saturated rings. The molecule has 2 aliphatic heterocycles. The number of hydrogen-bond donors (Lipinski definition) is 0. The summed E-state index contributed by atoms with van der Waals surface area (Å²) in [6, 6.07) is 10.7. The summed E-state index contributed by atoms with van der Waals surface area (Å²) in [6.45, 7) is 8.17. The molecule has 0 spiro atoms. The number of nitrogens with zero attached hydrogens (tertiary/aromatic N) is 3. The van der Waals surface area contributed by atoms with E-state index in [0.29, 0.717) is 5.91 Å². The van der Waals surface area contributed by atoms with Gasteiger partial charge in [-0.15, -0.1) is 0 Å². The highest BCUT2D eigenvalue weighted by Gasteiger charge is 2.56. The second kappa shape index (κ2) is 7.44. The fourth-order valence-electron chi connectivity index (χ4n) is 4.18. The first-order valence-electron chi connectivity index (χ1n) is 9.66. The van der Waals surface area contributed by atoms with Crippen molar-refractivity contribution in [2.75, 3.05) is 59.0 Å². The van der Waals surface area contributed by atoms with Crippen LogP contribution in [0.15, 0.2) is 30.3 Å². The minimum Gasteiger partial charge on any atom is -0.379 e. The molecule has 5 nitrogen and oxygen atoms in total. The van der Waals surface area contributed by atoms with Crippen LogP contribution in [0.25, 0.3) is 0 Å². The molecule has 0 aromatic heterocycles. The van der Waals surface area contributed by atoms with Crippen molar-refractivity contribution in [1.29, 1.82) is 0 Å². The fraction of sp³-hybridized carbons (Fsp3) is 0.650. The zero-order valence-electron chi connectivity index (χ0n) is 15.0. The molecule has 0 radical (unpaired) electrons. The average Bonchev–Trinajstić information content (AvgIpc) is 3.50. The van der Waals surface area contributed by atoms with Crippen molar-refractivity contribution >= 4 is 5.91 Å². The van der Waals surface area contributed by atoms with Crippen LogP contribution in [0.2, 0.25) is 0 Å².